The SMILES string of the molecule is CCO[C@H](Cc1ccc(OCCc2ccc(OCc3cccc(F)c3)cc2)cc1)C(=O)O. The Morgan fingerprint density at radius 1 is 0.906 bits per heavy atom. The molecule has 0 aliphatic heterocycles. The van der Waals surface area contributed by atoms with Gasteiger partial charge in [-0.2, -0.15) is 0 Å². The molecule has 0 spiro atoms. The van der Waals surface area contributed by atoms with Gasteiger partial charge in [-0.3, -0.25) is 0 Å². The Labute approximate surface area is 187 Å². The number of benzene rings is 3. The first kappa shape index (κ1) is 23.3. The van der Waals surface area contributed by atoms with Gasteiger partial charge < -0.3 is 19.3 Å². The number of carboxylic acid groups (broad SMARTS) is 1. The quantitative estimate of drug-likeness (QED) is 0.428. The Morgan fingerprint density at radius 2 is 1.56 bits per heavy atom. The van der Waals surface area contributed by atoms with Crippen molar-refractivity contribution in [1.82, 2.24) is 0 Å². The van der Waals surface area contributed by atoms with Crippen LogP contribution < -0.4 is 9.47 Å². The fraction of sp³-hybridized carbons (Fsp3) is 0.269. The smallest absolute Gasteiger partial charge is 0.333 e. The van der Waals surface area contributed by atoms with Crippen molar-refractivity contribution in [3.8, 4) is 11.5 Å². The molecule has 0 aromatic heterocycles. The minimum Gasteiger partial charge on any atom is -0.493 e. The van der Waals surface area contributed by atoms with E-state index in [-0.39, 0.29) is 5.82 Å². The molecule has 0 amide bonds. The predicted molar refractivity (Wildman–Crippen MR) is 120 cm³/mol. The molecule has 5 nitrogen and oxygen atoms in total. The Kier molecular flexibility index (Phi) is 8.63. The van der Waals surface area contributed by atoms with E-state index < -0.39 is 12.1 Å². The molecule has 3 aromatic carbocycles. The van der Waals surface area contributed by atoms with Crippen LogP contribution in [0.25, 0.3) is 0 Å². The molecule has 1 N–H and O–H groups in total. The monoisotopic (exact) mass is 438 g/mol. The van der Waals surface area contributed by atoms with Gasteiger partial charge in [-0.1, -0.05) is 36.4 Å². The van der Waals surface area contributed by atoms with Gasteiger partial charge in [0.1, 0.15) is 23.9 Å². The van der Waals surface area contributed by atoms with Crippen molar-refractivity contribution < 1.29 is 28.5 Å². The summed E-state index contributed by atoms with van der Waals surface area (Å²) in [4.78, 5) is 11.2. The third kappa shape index (κ3) is 7.39. The molecule has 0 aliphatic carbocycles. The third-order valence-electron chi connectivity index (χ3n) is 4.87. The first-order chi connectivity index (χ1) is 15.5. The van der Waals surface area contributed by atoms with Gasteiger partial charge in [0.2, 0.25) is 0 Å². The van der Waals surface area contributed by atoms with Gasteiger partial charge in [0.15, 0.2) is 6.10 Å². The molecule has 0 unspecified atom stereocenters. The van der Waals surface area contributed by atoms with Gasteiger partial charge in [-0.05, 0) is 60.0 Å². The van der Waals surface area contributed by atoms with Crippen molar-refractivity contribution in [2.75, 3.05) is 13.2 Å². The highest BCUT2D eigenvalue weighted by atomic mass is 19.1. The summed E-state index contributed by atoms with van der Waals surface area (Å²) in [6.45, 7) is 2.96. The van der Waals surface area contributed by atoms with Crippen LogP contribution in [0.5, 0.6) is 11.5 Å². The summed E-state index contributed by atoms with van der Waals surface area (Å²) in [5, 5.41) is 9.18. The van der Waals surface area contributed by atoms with E-state index in [2.05, 4.69) is 0 Å². The summed E-state index contributed by atoms with van der Waals surface area (Å²) in [6, 6.07) is 21.5. The summed E-state index contributed by atoms with van der Waals surface area (Å²) >= 11 is 0. The molecule has 32 heavy (non-hydrogen) atoms. The van der Waals surface area contributed by atoms with E-state index in [4.69, 9.17) is 14.2 Å². The third-order valence-corrected chi connectivity index (χ3v) is 4.87. The first-order valence-electron chi connectivity index (χ1n) is 10.6. The summed E-state index contributed by atoms with van der Waals surface area (Å²) in [6.07, 6.45) is 0.210. The highest BCUT2D eigenvalue weighted by molar-refractivity contribution is 5.72. The minimum atomic E-state index is -0.961. The Balaban J connectivity index is 1.42. The van der Waals surface area contributed by atoms with Crippen molar-refractivity contribution in [1.29, 1.82) is 0 Å². The van der Waals surface area contributed by atoms with Gasteiger partial charge in [-0.15, -0.1) is 0 Å². The van der Waals surface area contributed by atoms with Crippen LogP contribution in [-0.2, 0) is 29.0 Å². The summed E-state index contributed by atoms with van der Waals surface area (Å²) in [5.41, 5.74) is 2.78. The van der Waals surface area contributed by atoms with Crippen molar-refractivity contribution in [2.45, 2.75) is 32.5 Å². The van der Waals surface area contributed by atoms with E-state index in [1.54, 1.807) is 13.0 Å². The van der Waals surface area contributed by atoms with E-state index >= 15 is 0 Å². The van der Waals surface area contributed by atoms with Crippen LogP contribution in [-0.4, -0.2) is 30.4 Å². The number of ether oxygens (including phenoxy) is 3. The molecule has 0 heterocycles. The number of carbonyl (C=O) groups is 1. The lowest BCUT2D eigenvalue weighted by atomic mass is 10.1. The maximum absolute atomic E-state index is 13.2. The van der Waals surface area contributed by atoms with Gasteiger partial charge >= 0.3 is 5.97 Å². The van der Waals surface area contributed by atoms with Crippen molar-refractivity contribution in [3.05, 3.63) is 95.3 Å². The van der Waals surface area contributed by atoms with Crippen LogP contribution in [0.4, 0.5) is 4.39 Å². The number of hydrogen-bond acceptors (Lipinski definition) is 4. The zero-order chi connectivity index (χ0) is 22.8. The Bertz CT molecular complexity index is 986. The molecule has 0 radical (unpaired) electrons. The summed E-state index contributed by atoms with van der Waals surface area (Å²) in [7, 11) is 0. The molecule has 6 heteroatoms. The predicted octanol–water partition coefficient (Wildman–Crippen LogP) is 5.06. The summed E-state index contributed by atoms with van der Waals surface area (Å²) < 4.78 is 30.0. The highest BCUT2D eigenvalue weighted by Crippen LogP contribution is 2.17. The highest BCUT2D eigenvalue weighted by Gasteiger charge is 2.17. The fourth-order valence-corrected chi connectivity index (χ4v) is 3.19. The molecule has 0 bridgehead atoms. The minimum absolute atomic E-state index is 0.272. The van der Waals surface area contributed by atoms with Crippen LogP contribution in [0, 0.1) is 5.82 Å². The summed E-state index contributed by atoms with van der Waals surface area (Å²) in [5.74, 6) is 0.219. The van der Waals surface area contributed by atoms with Gasteiger partial charge in [0.05, 0.1) is 6.61 Å². The van der Waals surface area contributed by atoms with Crippen LogP contribution in [0.3, 0.4) is 0 Å². The molecule has 1 atom stereocenters. The second-order valence-electron chi connectivity index (χ2n) is 7.29. The Hall–Kier alpha value is -3.38. The van der Waals surface area contributed by atoms with E-state index in [1.807, 2.05) is 54.6 Å². The number of aliphatic carboxylic acids is 1. The number of carboxylic acids is 1. The lowest BCUT2D eigenvalue weighted by molar-refractivity contribution is -0.149. The normalized spacial score (nSPS) is 11.7. The Morgan fingerprint density at radius 3 is 2.19 bits per heavy atom. The van der Waals surface area contributed by atoms with Gasteiger partial charge in [-0.25, -0.2) is 9.18 Å². The van der Waals surface area contributed by atoms with E-state index in [0.29, 0.717) is 26.2 Å². The second-order valence-corrected chi connectivity index (χ2v) is 7.29. The molecular weight excluding hydrogens is 411 g/mol. The maximum atomic E-state index is 13.2. The second kappa shape index (κ2) is 11.9. The zero-order valence-corrected chi connectivity index (χ0v) is 18.0. The van der Waals surface area contributed by atoms with Crippen molar-refractivity contribution >= 4 is 5.97 Å². The van der Waals surface area contributed by atoms with Crippen molar-refractivity contribution in [2.24, 2.45) is 0 Å². The molecule has 0 fully saturated rings. The largest absolute Gasteiger partial charge is 0.493 e. The van der Waals surface area contributed by atoms with Crippen molar-refractivity contribution in [3.63, 3.8) is 0 Å². The molecule has 168 valence electrons. The van der Waals surface area contributed by atoms with Crippen LogP contribution >= 0.6 is 0 Å². The van der Waals surface area contributed by atoms with Gasteiger partial charge in [0, 0.05) is 19.4 Å². The van der Waals surface area contributed by atoms with E-state index in [0.717, 1.165) is 34.6 Å². The van der Waals surface area contributed by atoms with Crippen LogP contribution in [0.2, 0.25) is 0 Å². The molecule has 0 saturated heterocycles. The van der Waals surface area contributed by atoms with Gasteiger partial charge in [0.25, 0.3) is 0 Å². The number of hydrogen-bond donors (Lipinski definition) is 1. The molecule has 3 rings (SSSR count). The average Bonchev–Trinajstić information content (AvgIpc) is 2.79. The van der Waals surface area contributed by atoms with E-state index in [1.165, 1.54) is 12.1 Å². The number of halogens is 1. The topological polar surface area (TPSA) is 65.0 Å². The van der Waals surface area contributed by atoms with Crippen LogP contribution in [0.15, 0.2) is 72.8 Å². The zero-order valence-electron chi connectivity index (χ0n) is 18.0. The average molecular weight is 438 g/mol. The molecule has 0 saturated carbocycles. The molecular formula is C26H27FO5. The number of rotatable bonds is 12. The standard InChI is InChI=1S/C26H27FO5/c1-2-30-25(26(28)29)17-20-8-12-23(13-9-20)31-15-14-19-6-10-24(11-7-19)32-18-21-4-3-5-22(27)16-21/h3-13,16,25H,2,14-15,17-18H2,1H3,(H,28,29)/t25-/m1/s1. The first-order valence-corrected chi connectivity index (χ1v) is 10.6. The molecule has 3 aromatic rings. The lowest BCUT2D eigenvalue weighted by Gasteiger charge is -2.13. The fourth-order valence-electron chi connectivity index (χ4n) is 3.19. The lowest BCUT2D eigenvalue weighted by Crippen LogP contribution is -2.26. The maximum Gasteiger partial charge on any atom is 0.333 e. The van der Waals surface area contributed by atoms with E-state index in [9.17, 15) is 14.3 Å². The molecule has 0 aliphatic rings. The van der Waals surface area contributed by atoms with Crippen LogP contribution in [0.1, 0.15) is 23.6 Å².